The number of nitrogens with one attached hydrogen (secondary N) is 1. The molecule has 2 unspecified atom stereocenters. The smallest absolute Gasteiger partial charge is 0.0449 e. The highest BCUT2D eigenvalue weighted by molar-refractivity contribution is 9.10. The van der Waals surface area contributed by atoms with Crippen LogP contribution in [-0.2, 0) is 6.42 Å². The summed E-state index contributed by atoms with van der Waals surface area (Å²) < 4.78 is 1.00. The van der Waals surface area contributed by atoms with E-state index in [4.69, 9.17) is 17.4 Å². The lowest BCUT2D eigenvalue weighted by molar-refractivity contribution is 0.214. The Morgan fingerprint density at radius 1 is 1.63 bits per heavy atom. The largest absolute Gasteiger partial charge is 0.300 e. The molecule has 0 saturated carbocycles. The number of nitrogens with zero attached hydrogens (tertiary/aromatic N) is 1. The molecule has 1 aliphatic heterocycles. The summed E-state index contributed by atoms with van der Waals surface area (Å²) >= 11 is 11.7. The second-order valence-corrected chi connectivity index (χ2v) is 7.31. The fraction of sp³-hybridized carbons (Fsp3) is 0.538. The van der Waals surface area contributed by atoms with E-state index < -0.39 is 0 Å². The maximum atomic E-state index is 6.29. The molecule has 3 N–H and O–H groups in total. The van der Waals surface area contributed by atoms with E-state index in [-0.39, 0.29) is 6.04 Å². The summed E-state index contributed by atoms with van der Waals surface area (Å²) in [4.78, 5) is 2.38. The van der Waals surface area contributed by atoms with Crippen LogP contribution in [0.2, 0.25) is 5.02 Å². The first kappa shape index (κ1) is 15.6. The van der Waals surface area contributed by atoms with Gasteiger partial charge in [-0.3, -0.25) is 11.3 Å². The van der Waals surface area contributed by atoms with E-state index in [0.29, 0.717) is 6.04 Å². The molecular formula is C13H19BrClN3S. The van der Waals surface area contributed by atoms with Crippen molar-refractivity contribution in [3.63, 3.8) is 0 Å². The first-order valence-electron chi connectivity index (χ1n) is 6.30. The minimum absolute atomic E-state index is 0.219. The minimum atomic E-state index is 0.219. The molecule has 1 heterocycles. The number of nitrogens with two attached hydrogens (primary N) is 1. The van der Waals surface area contributed by atoms with Crippen LogP contribution in [0.15, 0.2) is 22.7 Å². The molecule has 1 aromatic carbocycles. The molecule has 0 aliphatic carbocycles. The van der Waals surface area contributed by atoms with E-state index >= 15 is 0 Å². The Morgan fingerprint density at radius 2 is 2.42 bits per heavy atom. The van der Waals surface area contributed by atoms with Gasteiger partial charge in [0.15, 0.2) is 0 Å². The van der Waals surface area contributed by atoms with Gasteiger partial charge in [0.2, 0.25) is 0 Å². The van der Waals surface area contributed by atoms with E-state index in [1.807, 2.05) is 23.9 Å². The van der Waals surface area contributed by atoms with E-state index in [1.54, 1.807) is 0 Å². The topological polar surface area (TPSA) is 41.3 Å². The van der Waals surface area contributed by atoms with Gasteiger partial charge in [-0.1, -0.05) is 33.6 Å². The van der Waals surface area contributed by atoms with Gasteiger partial charge in [-0.2, -0.15) is 11.8 Å². The molecule has 0 bridgehead atoms. The third-order valence-electron chi connectivity index (χ3n) is 3.58. The van der Waals surface area contributed by atoms with Crippen molar-refractivity contribution in [3.8, 4) is 0 Å². The van der Waals surface area contributed by atoms with E-state index in [2.05, 4.69) is 39.4 Å². The molecule has 0 amide bonds. The predicted molar refractivity (Wildman–Crippen MR) is 87.7 cm³/mol. The van der Waals surface area contributed by atoms with Crippen LogP contribution in [0.1, 0.15) is 5.56 Å². The van der Waals surface area contributed by atoms with Crippen LogP contribution in [-0.4, -0.2) is 42.1 Å². The molecular weight excluding hydrogens is 346 g/mol. The zero-order chi connectivity index (χ0) is 13.8. The molecule has 2 rings (SSSR count). The van der Waals surface area contributed by atoms with Gasteiger partial charge < -0.3 is 4.90 Å². The summed E-state index contributed by atoms with van der Waals surface area (Å²) in [6.45, 7) is 1.11. The fourth-order valence-corrected chi connectivity index (χ4v) is 4.42. The molecule has 1 saturated heterocycles. The number of thioether (sulfide) groups is 1. The first-order chi connectivity index (χ1) is 9.11. The van der Waals surface area contributed by atoms with Crippen LogP contribution in [0.4, 0.5) is 0 Å². The van der Waals surface area contributed by atoms with Gasteiger partial charge in [0.05, 0.1) is 0 Å². The molecule has 0 aromatic heterocycles. The summed E-state index contributed by atoms with van der Waals surface area (Å²) in [7, 11) is 2.16. The van der Waals surface area contributed by atoms with Gasteiger partial charge in [-0.15, -0.1) is 0 Å². The highest BCUT2D eigenvalue weighted by Gasteiger charge is 2.27. The van der Waals surface area contributed by atoms with Crippen molar-refractivity contribution in [1.29, 1.82) is 0 Å². The van der Waals surface area contributed by atoms with Crippen LogP contribution < -0.4 is 11.3 Å². The highest BCUT2D eigenvalue weighted by Crippen LogP contribution is 2.25. The number of hydrazine groups is 1. The second kappa shape index (κ2) is 7.29. The Bertz CT molecular complexity index is 432. The monoisotopic (exact) mass is 363 g/mol. The maximum Gasteiger partial charge on any atom is 0.0449 e. The molecule has 2 atom stereocenters. The average molecular weight is 365 g/mol. The third-order valence-corrected chi connectivity index (χ3v) is 5.47. The zero-order valence-electron chi connectivity index (χ0n) is 10.9. The standard InChI is InChI=1S/C13H19BrClN3S/c1-18-4-5-19-8-13(18)12(17-16)6-9-2-3-10(14)7-11(9)15/h2-3,7,12-13,17H,4-6,8,16H2,1H3. The Kier molecular flexibility index (Phi) is 5.99. The normalized spacial score (nSPS) is 22.4. The Hall–Kier alpha value is 0.220. The molecule has 3 nitrogen and oxygen atoms in total. The van der Waals surface area contributed by atoms with Gasteiger partial charge in [-0.25, -0.2) is 0 Å². The van der Waals surface area contributed by atoms with E-state index in [9.17, 15) is 0 Å². The van der Waals surface area contributed by atoms with Crippen LogP contribution >= 0.6 is 39.3 Å². The highest BCUT2D eigenvalue weighted by atomic mass is 79.9. The van der Waals surface area contributed by atoms with Gasteiger partial charge in [0.25, 0.3) is 0 Å². The molecule has 1 aromatic rings. The number of rotatable bonds is 4. The zero-order valence-corrected chi connectivity index (χ0v) is 14.1. The molecule has 1 fully saturated rings. The minimum Gasteiger partial charge on any atom is -0.300 e. The molecule has 6 heteroatoms. The molecule has 19 heavy (non-hydrogen) atoms. The first-order valence-corrected chi connectivity index (χ1v) is 8.62. The number of benzene rings is 1. The second-order valence-electron chi connectivity index (χ2n) is 4.84. The van der Waals surface area contributed by atoms with Gasteiger partial charge >= 0.3 is 0 Å². The lowest BCUT2D eigenvalue weighted by Crippen LogP contribution is -2.55. The van der Waals surface area contributed by atoms with Crippen molar-refractivity contribution in [1.82, 2.24) is 10.3 Å². The third kappa shape index (κ3) is 4.09. The molecule has 0 spiro atoms. The van der Waals surface area contributed by atoms with E-state index in [1.165, 1.54) is 5.75 Å². The van der Waals surface area contributed by atoms with Crippen LogP contribution in [0.3, 0.4) is 0 Å². The molecule has 0 radical (unpaired) electrons. The van der Waals surface area contributed by atoms with Crippen molar-refractivity contribution in [3.05, 3.63) is 33.3 Å². The Morgan fingerprint density at radius 3 is 3.05 bits per heavy atom. The summed E-state index contributed by atoms with van der Waals surface area (Å²) in [5, 5.41) is 0.792. The lowest BCUT2D eigenvalue weighted by atomic mass is 10.00. The Labute approximate surface area is 132 Å². The van der Waals surface area contributed by atoms with Crippen LogP contribution in [0, 0.1) is 0 Å². The van der Waals surface area contributed by atoms with Crippen LogP contribution in [0.25, 0.3) is 0 Å². The quantitative estimate of drug-likeness (QED) is 0.636. The van der Waals surface area contributed by atoms with Crippen molar-refractivity contribution in [2.45, 2.75) is 18.5 Å². The van der Waals surface area contributed by atoms with Crippen molar-refractivity contribution < 1.29 is 0 Å². The van der Waals surface area contributed by atoms with Gasteiger partial charge in [0, 0.05) is 39.6 Å². The van der Waals surface area contributed by atoms with Crippen molar-refractivity contribution >= 4 is 39.3 Å². The number of halogens is 2. The van der Waals surface area contributed by atoms with Gasteiger partial charge in [0.1, 0.15) is 0 Å². The number of hydrogen-bond donors (Lipinski definition) is 2. The molecule has 106 valence electrons. The summed E-state index contributed by atoms with van der Waals surface area (Å²) in [5.74, 6) is 8.06. The maximum absolute atomic E-state index is 6.29. The number of likely N-dealkylation sites (N-methyl/N-ethyl adjacent to an activating group) is 1. The van der Waals surface area contributed by atoms with Crippen molar-refractivity contribution in [2.75, 3.05) is 25.1 Å². The summed E-state index contributed by atoms with van der Waals surface area (Å²) in [6.07, 6.45) is 0.845. The van der Waals surface area contributed by atoms with E-state index in [0.717, 1.165) is 33.8 Å². The average Bonchev–Trinajstić information content (AvgIpc) is 2.39. The fourth-order valence-electron chi connectivity index (χ4n) is 2.36. The Balaban J connectivity index is 2.09. The predicted octanol–water partition coefficient (Wildman–Crippen LogP) is 2.52. The lowest BCUT2D eigenvalue weighted by Gasteiger charge is -2.37. The van der Waals surface area contributed by atoms with Crippen LogP contribution in [0.5, 0.6) is 0 Å². The van der Waals surface area contributed by atoms with Gasteiger partial charge in [-0.05, 0) is 31.2 Å². The summed E-state index contributed by atoms with van der Waals surface area (Å²) in [5.41, 5.74) is 4.10. The molecule has 1 aliphatic rings. The number of hydrogen-bond acceptors (Lipinski definition) is 4. The summed E-state index contributed by atoms with van der Waals surface area (Å²) in [6, 6.07) is 6.69. The van der Waals surface area contributed by atoms with Crippen molar-refractivity contribution in [2.24, 2.45) is 5.84 Å². The SMILES string of the molecule is CN1CCSCC1C(Cc1ccc(Br)cc1Cl)NN.